The Labute approximate surface area is 214 Å². The van der Waals surface area contributed by atoms with Gasteiger partial charge in [0.05, 0.1) is 12.1 Å². The average Bonchev–Trinajstić information content (AvgIpc) is 2.88. The fourth-order valence-corrected chi connectivity index (χ4v) is 4.39. The molecule has 0 spiro atoms. The van der Waals surface area contributed by atoms with Gasteiger partial charge in [0, 0.05) is 27.3 Å². The van der Waals surface area contributed by atoms with Crippen molar-refractivity contribution < 1.29 is 14.3 Å². The normalized spacial score (nSPS) is 14.8. The molecule has 0 amide bonds. The molecule has 0 fully saturated rings. The van der Waals surface area contributed by atoms with Crippen LogP contribution >= 0.6 is 0 Å². The molecule has 5 heteroatoms. The van der Waals surface area contributed by atoms with Crippen LogP contribution in [0.4, 0.5) is 0 Å². The molecular formula is C30H48N2O3. The first-order valence-electron chi connectivity index (χ1n) is 12.8. The van der Waals surface area contributed by atoms with Gasteiger partial charge < -0.3 is 14.3 Å². The van der Waals surface area contributed by atoms with E-state index in [2.05, 4.69) is 80.9 Å². The first kappa shape index (κ1) is 31.0. The van der Waals surface area contributed by atoms with Crippen molar-refractivity contribution in [3.63, 3.8) is 0 Å². The number of carbonyl (C=O) groups excluding carboxylic acids is 1. The third kappa shape index (κ3) is 10.6. The second-order valence-electron chi connectivity index (χ2n) is 9.53. The van der Waals surface area contributed by atoms with E-state index in [0.717, 1.165) is 32.2 Å². The quantitative estimate of drug-likeness (QED) is 0.247. The third-order valence-corrected chi connectivity index (χ3v) is 6.90. The van der Waals surface area contributed by atoms with E-state index in [1.807, 2.05) is 31.3 Å². The van der Waals surface area contributed by atoms with Crippen LogP contribution in [-0.2, 0) is 27.4 Å². The molecule has 0 aliphatic heterocycles. The molecule has 0 saturated carbocycles. The number of methoxy groups -OCH3 is 2. The van der Waals surface area contributed by atoms with E-state index in [9.17, 15) is 4.79 Å². The van der Waals surface area contributed by atoms with Gasteiger partial charge in [-0.3, -0.25) is 9.80 Å². The number of ether oxygens (including phenoxy) is 2. The summed E-state index contributed by atoms with van der Waals surface area (Å²) >= 11 is 0. The summed E-state index contributed by atoms with van der Waals surface area (Å²) in [4.78, 5) is 15.5. The van der Waals surface area contributed by atoms with Crippen LogP contribution in [0.2, 0.25) is 0 Å². The molecule has 0 aliphatic carbocycles. The summed E-state index contributed by atoms with van der Waals surface area (Å²) in [5.74, 6) is 0.921. The highest BCUT2D eigenvalue weighted by atomic mass is 16.7. The number of likely N-dealkylation sites (N-methyl/N-ethyl adjacent to an activating group) is 2. The minimum Gasteiger partial charge on any atom is -0.354 e. The van der Waals surface area contributed by atoms with Gasteiger partial charge in [0.1, 0.15) is 6.29 Å². The van der Waals surface area contributed by atoms with Gasteiger partial charge in [-0.25, -0.2) is 0 Å². The van der Waals surface area contributed by atoms with E-state index < -0.39 is 0 Å². The fraction of sp³-hybridized carbons (Fsp3) is 0.567. The number of hydrogen-bond acceptors (Lipinski definition) is 5. The second kappa shape index (κ2) is 17.4. The Morgan fingerprint density at radius 2 is 1.17 bits per heavy atom. The molecule has 0 aliphatic rings. The highest BCUT2D eigenvalue weighted by molar-refractivity contribution is 5.58. The summed E-state index contributed by atoms with van der Waals surface area (Å²) in [5.41, 5.74) is 2.56. The summed E-state index contributed by atoms with van der Waals surface area (Å²) in [7, 11) is 7.56. The molecule has 0 saturated heterocycles. The zero-order valence-corrected chi connectivity index (χ0v) is 23.2. The SMILES string of the molecule is CC[C@H](C)[C@@H](C(OC)OC)N(C)Cc1ccccc1.CC[C@H](C)[C@@H](C=O)N(C)Cc1ccccc1. The Bertz CT molecular complexity index is 783. The van der Waals surface area contributed by atoms with Crippen LogP contribution in [0.1, 0.15) is 51.7 Å². The van der Waals surface area contributed by atoms with Crippen LogP contribution in [0.15, 0.2) is 60.7 Å². The van der Waals surface area contributed by atoms with Crippen molar-refractivity contribution in [3.05, 3.63) is 71.8 Å². The Morgan fingerprint density at radius 1 is 0.743 bits per heavy atom. The summed E-state index contributed by atoms with van der Waals surface area (Å²) in [6.45, 7) is 10.4. The first-order valence-corrected chi connectivity index (χ1v) is 12.8. The van der Waals surface area contributed by atoms with Crippen LogP contribution in [-0.4, -0.2) is 62.8 Å². The van der Waals surface area contributed by atoms with E-state index in [0.29, 0.717) is 11.8 Å². The zero-order valence-electron chi connectivity index (χ0n) is 23.2. The number of rotatable bonds is 14. The Morgan fingerprint density at radius 3 is 1.54 bits per heavy atom. The second-order valence-corrected chi connectivity index (χ2v) is 9.53. The highest BCUT2D eigenvalue weighted by Crippen LogP contribution is 2.21. The molecule has 2 aromatic rings. The van der Waals surface area contributed by atoms with Gasteiger partial charge >= 0.3 is 0 Å². The molecule has 5 nitrogen and oxygen atoms in total. The maximum Gasteiger partial charge on any atom is 0.172 e. The Kier molecular flexibility index (Phi) is 15.4. The number of hydrogen-bond donors (Lipinski definition) is 0. The van der Waals surface area contributed by atoms with Crippen molar-refractivity contribution in [3.8, 4) is 0 Å². The molecule has 4 atom stereocenters. The van der Waals surface area contributed by atoms with E-state index in [1.54, 1.807) is 14.2 Å². The predicted molar refractivity (Wildman–Crippen MR) is 146 cm³/mol. The van der Waals surface area contributed by atoms with Crippen molar-refractivity contribution in [2.24, 2.45) is 11.8 Å². The highest BCUT2D eigenvalue weighted by Gasteiger charge is 2.29. The molecule has 0 aromatic heterocycles. The number of aldehydes is 1. The summed E-state index contributed by atoms with van der Waals surface area (Å²) in [6, 6.07) is 21.0. The largest absolute Gasteiger partial charge is 0.354 e. The van der Waals surface area contributed by atoms with Crippen molar-refractivity contribution >= 4 is 6.29 Å². The Balaban J connectivity index is 0.000000355. The Hall–Kier alpha value is -2.05. The number of carbonyl (C=O) groups is 1. The van der Waals surface area contributed by atoms with E-state index >= 15 is 0 Å². The van der Waals surface area contributed by atoms with E-state index in [1.165, 1.54) is 11.1 Å². The number of nitrogens with zero attached hydrogens (tertiary/aromatic N) is 2. The molecule has 0 N–H and O–H groups in total. The van der Waals surface area contributed by atoms with Crippen LogP contribution in [0.3, 0.4) is 0 Å². The lowest BCUT2D eigenvalue weighted by atomic mass is 9.96. The monoisotopic (exact) mass is 484 g/mol. The van der Waals surface area contributed by atoms with E-state index in [-0.39, 0.29) is 18.4 Å². The van der Waals surface area contributed by atoms with Crippen molar-refractivity contribution in [1.82, 2.24) is 9.80 Å². The molecule has 196 valence electrons. The van der Waals surface area contributed by atoms with Crippen LogP contribution < -0.4 is 0 Å². The molecule has 2 aromatic carbocycles. The molecule has 35 heavy (non-hydrogen) atoms. The lowest BCUT2D eigenvalue weighted by Gasteiger charge is -2.36. The van der Waals surface area contributed by atoms with Gasteiger partial charge in [0.25, 0.3) is 0 Å². The topological polar surface area (TPSA) is 42.0 Å². The standard InChI is InChI=1S/C16H27NO2.C14H21NO/c1-6-13(2)15(16(18-4)19-5)17(3)12-14-10-8-7-9-11-14;1-4-12(2)14(11-16)15(3)10-13-8-6-5-7-9-13/h7-11,13,15-16H,6,12H2,1-5H3;5-9,11-12,14H,4,10H2,1-3H3/t13-,15-;12-,14+/m00/s1. The lowest BCUT2D eigenvalue weighted by Crippen LogP contribution is -2.47. The first-order chi connectivity index (χ1) is 16.8. The van der Waals surface area contributed by atoms with E-state index in [4.69, 9.17) is 9.47 Å². The molecular weight excluding hydrogens is 436 g/mol. The van der Waals surface area contributed by atoms with Gasteiger partial charge in [0.2, 0.25) is 0 Å². The van der Waals surface area contributed by atoms with Crippen molar-refractivity contribution in [2.75, 3.05) is 28.3 Å². The molecule has 0 heterocycles. The third-order valence-electron chi connectivity index (χ3n) is 6.90. The van der Waals surface area contributed by atoms with Crippen LogP contribution in [0.25, 0.3) is 0 Å². The molecule has 2 rings (SSSR count). The maximum absolute atomic E-state index is 11.1. The lowest BCUT2D eigenvalue weighted by molar-refractivity contribution is -0.156. The van der Waals surface area contributed by atoms with Gasteiger partial charge in [0.15, 0.2) is 6.29 Å². The minimum atomic E-state index is -0.191. The number of benzene rings is 2. The van der Waals surface area contributed by atoms with Gasteiger partial charge in [-0.1, -0.05) is 101 Å². The van der Waals surface area contributed by atoms with Gasteiger partial charge in [-0.05, 0) is 37.1 Å². The smallest absolute Gasteiger partial charge is 0.172 e. The molecule has 0 unspecified atom stereocenters. The average molecular weight is 485 g/mol. The zero-order chi connectivity index (χ0) is 26.2. The fourth-order valence-electron chi connectivity index (χ4n) is 4.39. The molecule has 0 bridgehead atoms. The van der Waals surface area contributed by atoms with Gasteiger partial charge in [-0.2, -0.15) is 0 Å². The van der Waals surface area contributed by atoms with Crippen molar-refractivity contribution in [1.29, 1.82) is 0 Å². The molecule has 0 radical (unpaired) electrons. The summed E-state index contributed by atoms with van der Waals surface area (Å²) in [5, 5.41) is 0. The van der Waals surface area contributed by atoms with Gasteiger partial charge in [-0.15, -0.1) is 0 Å². The van der Waals surface area contributed by atoms with Crippen LogP contribution in [0.5, 0.6) is 0 Å². The summed E-state index contributed by atoms with van der Waals surface area (Å²) < 4.78 is 11.0. The summed E-state index contributed by atoms with van der Waals surface area (Å²) in [6.07, 6.45) is 3.01. The van der Waals surface area contributed by atoms with Crippen LogP contribution in [0, 0.1) is 11.8 Å². The predicted octanol–water partition coefficient (Wildman–Crippen LogP) is 5.88. The minimum absolute atomic E-state index is 0.0187. The maximum atomic E-state index is 11.1. The van der Waals surface area contributed by atoms with Crippen molar-refractivity contribution in [2.45, 2.75) is 72.0 Å².